The third-order valence-corrected chi connectivity index (χ3v) is 6.36. The van der Waals surface area contributed by atoms with Crippen LogP contribution in [0.2, 0.25) is 0 Å². The van der Waals surface area contributed by atoms with Crippen molar-refractivity contribution in [3.05, 3.63) is 53.1 Å². The lowest BCUT2D eigenvalue weighted by molar-refractivity contribution is 0.0671. The lowest BCUT2D eigenvalue weighted by Crippen LogP contribution is -2.40. The van der Waals surface area contributed by atoms with Crippen molar-refractivity contribution in [2.24, 2.45) is 5.92 Å². The zero-order valence-electron chi connectivity index (χ0n) is 16.9. The van der Waals surface area contributed by atoms with Crippen LogP contribution < -0.4 is 10.1 Å². The number of aryl methyl sites for hydroxylation is 1. The Kier molecular flexibility index (Phi) is 5.36. The summed E-state index contributed by atoms with van der Waals surface area (Å²) in [5.74, 6) is 0.697. The molecule has 0 radical (unpaired) electrons. The Hall–Kier alpha value is -2.38. The number of fused-ring (bicyclic) bond motifs is 1. The highest BCUT2D eigenvalue weighted by molar-refractivity contribution is 7.92. The molecule has 2 N–H and O–H groups in total. The Balaban J connectivity index is 1.56. The Labute approximate surface area is 172 Å². The topological polar surface area (TPSA) is 78.5 Å². The van der Waals surface area contributed by atoms with Crippen molar-refractivity contribution < 1.29 is 13.2 Å². The molecule has 1 aliphatic carbocycles. The summed E-state index contributed by atoms with van der Waals surface area (Å²) in [6.07, 6.45) is 6.19. The fourth-order valence-corrected chi connectivity index (χ4v) is 4.95. The average molecular weight is 414 g/mol. The predicted octanol–water partition coefficient (Wildman–Crippen LogP) is 3.68. The quantitative estimate of drug-likeness (QED) is 0.757. The minimum absolute atomic E-state index is 0.0366. The van der Waals surface area contributed by atoms with E-state index in [9.17, 15) is 13.2 Å². The summed E-state index contributed by atoms with van der Waals surface area (Å²) in [4.78, 5) is 12.9. The fourth-order valence-electron chi connectivity index (χ4n) is 4.39. The number of sulfonamides is 1. The molecule has 0 atom stereocenters. The summed E-state index contributed by atoms with van der Waals surface area (Å²) in [5, 5.41) is 1.74. The standard InChI is InChI=1S/C22H27N3O3S/c1-15-10-18(17-8-5-9-20(12-17)24-29(2,27)28)11-19-14-25(22(26)21(15)19)23-13-16-6-3-4-7-16/h5,8-12,16,23-24H,3-4,6-7,13-14H2,1-2H3. The van der Waals surface area contributed by atoms with E-state index in [0.717, 1.165) is 40.6 Å². The highest BCUT2D eigenvalue weighted by atomic mass is 32.2. The van der Waals surface area contributed by atoms with E-state index in [-0.39, 0.29) is 5.91 Å². The molecule has 6 nitrogen and oxygen atoms in total. The number of anilines is 1. The van der Waals surface area contributed by atoms with Gasteiger partial charge in [0, 0.05) is 17.8 Å². The minimum Gasteiger partial charge on any atom is -0.284 e. The van der Waals surface area contributed by atoms with E-state index in [2.05, 4.69) is 10.1 Å². The van der Waals surface area contributed by atoms with Crippen LogP contribution in [0.1, 0.15) is 47.2 Å². The molecule has 2 aromatic rings. The van der Waals surface area contributed by atoms with Crippen LogP contribution in [0.3, 0.4) is 0 Å². The molecule has 1 aliphatic heterocycles. The number of rotatable bonds is 6. The Bertz CT molecular complexity index is 1040. The molecule has 0 saturated heterocycles. The Morgan fingerprint density at radius 2 is 1.86 bits per heavy atom. The summed E-state index contributed by atoms with van der Waals surface area (Å²) < 4.78 is 25.6. The maximum atomic E-state index is 12.9. The number of nitrogens with zero attached hydrogens (tertiary/aromatic N) is 1. The van der Waals surface area contributed by atoms with Gasteiger partial charge in [0.15, 0.2) is 0 Å². The first-order valence-electron chi connectivity index (χ1n) is 10.1. The van der Waals surface area contributed by atoms with Gasteiger partial charge in [-0.3, -0.25) is 14.5 Å². The molecule has 4 rings (SSSR count). The van der Waals surface area contributed by atoms with Crippen LogP contribution in [-0.2, 0) is 16.6 Å². The summed E-state index contributed by atoms with van der Waals surface area (Å²) in [6, 6.07) is 11.3. The number of hydrogen-bond donors (Lipinski definition) is 2. The minimum atomic E-state index is -3.33. The zero-order chi connectivity index (χ0) is 20.6. The van der Waals surface area contributed by atoms with Gasteiger partial charge in [0.1, 0.15) is 0 Å². The average Bonchev–Trinajstić information content (AvgIpc) is 3.27. The van der Waals surface area contributed by atoms with E-state index >= 15 is 0 Å². The second-order valence-electron chi connectivity index (χ2n) is 8.19. The number of hydrogen-bond acceptors (Lipinski definition) is 4. The SMILES string of the molecule is Cc1cc(-c2cccc(NS(C)(=O)=O)c2)cc2c1C(=O)N(NCC1CCCC1)C2. The van der Waals surface area contributed by atoms with Gasteiger partial charge < -0.3 is 0 Å². The third kappa shape index (κ3) is 4.46. The maximum Gasteiger partial charge on any atom is 0.268 e. The largest absolute Gasteiger partial charge is 0.284 e. The molecule has 0 unspecified atom stereocenters. The number of carbonyl (C=O) groups excluding carboxylic acids is 1. The molecule has 0 spiro atoms. The number of hydrazine groups is 1. The molecule has 1 amide bonds. The fraction of sp³-hybridized carbons (Fsp3) is 0.409. The zero-order valence-corrected chi connectivity index (χ0v) is 17.7. The van der Waals surface area contributed by atoms with Crippen LogP contribution in [-0.4, -0.2) is 32.1 Å². The lowest BCUT2D eigenvalue weighted by Gasteiger charge is -2.19. The third-order valence-electron chi connectivity index (χ3n) is 5.75. The summed E-state index contributed by atoms with van der Waals surface area (Å²) in [6.45, 7) is 3.36. The molecule has 29 heavy (non-hydrogen) atoms. The number of nitrogens with one attached hydrogen (secondary N) is 2. The van der Waals surface area contributed by atoms with Gasteiger partial charge in [-0.2, -0.15) is 0 Å². The molecule has 7 heteroatoms. The van der Waals surface area contributed by atoms with Crippen LogP contribution in [0.15, 0.2) is 36.4 Å². The highest BCUT2D eigenvalue weighted by Crippen LogP contribution is 2.32. The van der Waals surface area contributed by atoms with Gasteiger partial charge in [-0.25, -0.2) is 13.8 Å². The highest BCUT2D eigenvalue weighted by Gasteiger charge is 2.30. The van der Waals surface area contributed by atoms with Crippen LogP contribution in [0, 0.1) is 12.8 Å². The number of amides is 1. The molecule has 1 saturated carbocycles. The van der Waals surface area contributed by atoms with Crippen LogP contribution >= 0.6 is 0 Å². The number of benzene rings is 2. The second-order valence-corrected chi connectivity index (χ2v) is 9.93. The van der Waals surface area contributed by atoms with Gasteiger partial charge in [-0.05, 0) is 66.1 Å². The van der Waals surface area contributed by atoms with Gasteiger partial charge >= 0.3 is 0 Å². The molecule has 154 valence electrons. The maximum absolute atomic E-state index is 12.9. The van der Waals surface area contributed by atoms with Gasteiger partial charge in [0.05, 0.1) is 12.8 Å². The molecular formula is C22H27N3O3S. The van der Waals surface area contributed by atoms with Crippen molar-refractivity contribution in [3.8, 4) is 11.1 Å². The van der Waals surface area contributed by atoms with Gasteiger partial charge in [-0.15, -0.1) is 0 Å². The van der Waals surface area contributed by atoms with E-state index in [4.69, 9.17) is 0 Å². The summed E-state index contributed by atoms with van der Waals surface area (Å²) in [5.41, 5.74) is 8.48. The van der Waals surface area contributed by atoms with Crippen LogP contribution in [0.4, 0.5) is 5.69 Å². The monoisotopic (exact) mass is 413 g/mol. The first kappa shape index (κ1) is 19.9. The smallest absolute Gasteiger partial charge is 0.268 e. The first-order chi connectivity index (χ1) is 13.8. The number of carbonyl (C=O) groups is 1. The Morgan fingerprint density at radius 1 is 1.10 bits per heavy atom. The van der Waals surface area contributed by atoms with Crippen LogP contribution in [0.5, 0.6) is 0 Å². The van der Waals surface area contributed by atoms with Crippen molar-refractivity contribution in [2.45, 2.75) is 39.2 Å². The predicted molar refractivity (Wildman–Crippen MR) is 115 cm³/mol. The first-order valence-corrected chi connectivity index (χ1v) is 12.0. The van der Waals surface area contributed by atoms with Crippen molar-refractivity contribution in [1.29, 1.82) is 0 Å². The molecule has 1 heterocycles. The van der Waals surface area contributed by atoms with Gasteiger partial charge in [0.25, 0.3) is 5.91 Å². The van der Waals surface area contributed by atoms with E-state index in [1.54, 1.807) is 11.1 Å². The second kappa shape index (κ2) is 7.80. The van der Waals surface area contributed by atoms with E-state index in [1.165, 1.54) is 25.7 Å². The molecular weight excluding hydrogens is 386 g/mol. The molecule has 0 bridgehead atoms. The van der Waals surface area contributed by atoms with Crippen molar-refractivity contribution in [2.75, 3.05) is 17.5 Å². The van der Waals surface area contributed by atoms with Crippen molar-refractivity contribution in [3.63, 3.8) is 0 Å². The Morgan fingerprint density at radius 3 is 2.59 bits per heavy atom. The molecule has 2 aliphatic rings. The van der Waals surface area contributed by atoms with Crippen LogP contribution in [0.25, 0.3) is 11.1 Å². The lowest BCUT2D eigenvalue weighted by atomic mass is 9.96. The van der Waals surface area contributed by atoms with Crippen molar-refractivity contribution in [1.82, 2.24) is 10.4 Å². The summed E-state index contributed by atoms with van der Waals surface area (Å²) in [7, 11) is -3.33. The molecule has 2 aromatic carbocycles. The van der Waals surface area contributed by atoms with E-state index in [0.29, 0.717) is 18.2 Å². The molecule has 1 fully saturated rings. The van der Waals surface area contributed by atoms with Gasteiger partial charge in [-0.1, -0.05) is 31.0 Å². The van der Waals surface area contributed by atoms with Gasteiger partial charge in [0.2, 0.25) is 10.0 Å². The van der Waals surface area contributed by atoms with E-state index < -0.39 is 10.0 Å². The van der Waals surface area contributed by atoms with Crippen molar-refractivity contribution >= 4 is 21.6 Å². The normalized spacial score (nSPS) is 17.0. The summed E-state index contributed by atoms with van der Waals surface area (Å²) >= 11 is 0. The van der Waals surface area contributed by atoms with E-state index in [1.807, 2.05) is 37.3 Å². The molecule has 0 aromatic heterocycles.